The Kier molecular flexibility index (Phi) is 4.89. The van der Waals surface area contributed by atoms with Gasteiger partial charge in [-0.1, -0.05) is 0 Å². The minimum absolute atomic E-state index is 0.156. The molecule has 1 amide bonds. The first-order valence-corrected chi connectivity index (χ1v) is 9.71. The highest BCUT2D eigenvalue weighted by Crippen LogP contribution is 2.27. The fourth-order valence-electron chi connectivity index (χ4n) is 2.93. The van der Waals surface area contributed by atoms with Crippen molar-refractivity contribution in [2.75, 3.05) is 5.32 Å². The second-order valence-corrected chi connectivity index (χ2v) is 7.62. The van der Waals surface area contributed by atoms with Gasteiger partial charge in [-0.25, -0.2) is 9.97 Å². The van der Waals surface area contributed by atoms with E-state index in [1.54, 1.807) is 44.4 Å². The zero-order valence-corrected chi connectivity index (χ0v) is 17.0. The largest absolute Gasteiger partial charge is 0.486 e. The number of anilines is 1. The standard InChI is InChI=1S/C20H19N5O3S/c1-12-16-19(22-11-25(3)20(16)27)29-17(12)18(26)23-13-4-6-14(7-5-13)28-10-15-21-8-9-24(15)2/h4-9,11H,10H2,1-3H3,(H,23,26). The number of thiophene rings is 1. The molecular formula is C20H19N5O3S. The molecule has 3 heterocycles. The van der Waals surface area contributed by atoms with Crippen LogP contribution in [-0.2, 0) is 20.7 Å². The van der Waals surface area contributed by atoms with E-state index in [0.717, 1.165) is 5.82 Å². The summed E-state index contributed by atoms with van der Waals surface area (Å²) >= 11 is 1.21. The van der Waals surface area contributed by atoms with Crippen LogP contribution in [-0.4, -0.2) is 25.0 Å². The fourth-order valence-corrected chi connectivity index (χ4v) is 3.97. The summed E-state index contributed by atoms with van der Waals surface area (Å²) in [6.45, 7) is 2.13. The molecule has 0 atom stereocenters. The van der Waals surface area contributed by atoms with Gasteiger partial charge in [0.1, 0.15) is 23.0 Å². The minimum atomic E-state index is -0.269. The third-order valence-electron chi connectivity index (χ3n) is 4.62. The van der Waals surface area contributed by atoms with E-state index in [4.69, 9.17) is 4.74 Å². The van der Waals surface area contributed by atoms with Crippen LogP contribution in [0, 0.1) is 6.92 Å². The molecule has 148 valence electrons. The van der Waals surface area contributed by atoms with E-state index in [1.165, 1.54) is 22.2 Å². The van der Waals surface area contributed by atoms with Crippen molar-refractivity contribution in [3.63, 3.8) is 0 Å². The normalized spacial score (nSPS) is 11.0. The number of rotatable bonds is 5. The summed E-state index contributed by atoms with van der Waals surface area (Å²) in [5.41, 5.74) is 1.13. The molecule has 0 saturated heterocycles. The highest BCUT2D eigenvalue weighted by molar-refractivity contribution is 7.20. The molecule has 0 aliphatic rings. The first-order valence-electron chi connectivity index (χ1n) is 8.89. The van der Waals surface area contributed by atoms with E-state index >= 15 is 0 Å². The number of imidazole rings is 1. The van der Waals surface area contributed by atoms with Crippen molar-refractivity contribution in [3.05, 3.63) is 69.6 Å². The van der Waals surface area contributed by atoms with Crippen LogP contribution in [0.3, 0.4) is 0 Å². The van der Waals surface area contributed by atoms with E-state index in [2.05, 4.69) is 15.3 Å². The Balaban J connectivity index is 1.48. The maximum absolute atomic E-state index is 12.7. The number of hydrogen-bond acceptors (Lipinski definition) is 6. The predicted molar refractivity (Wildman–Crippen MR) is 112 cm³/mol. The predicted octanol–water partition coefficient (Wildman–Crippen LogP) is 2.87. The molecule has 9 heteroatoms. The van der Waals surface area contributed by atoms with Crippen LogP contribution in [0.5, 0.6) is 5.75 Å². The van der Waals surface area contributed by atoms with Gasteiger partial charge in [0.25, 0.3) is 11.5 Å². The van der Waals surface area contributed by atoms with Gasteiger partial charge in [0.2, 0.25) is 0 Å². The van der Waals surface area contributed by atoms with Crippen LogP contribution in [0.4, 0.5) is 5.69 Å². The lowest BCUT2D eigenvalue weighted by Gasteiger charge is -2.08. The number of benzene rings is 1. The average Bonchev–Trinajstić information content (AvgIpc) is 3.27. The summed E-state index contributed by atoms with van der Waals surface area (Å²) in [6.07, 6.45) is 5.04. The van der Waals surface area contributed by atoms with Gasteiger partial charge in [0.15, 0.2) is 0 Å². The van der Waals surface area contributed by atoms with Crippen molar-refractivity contribution < 1.29 is 9.53 Å². The van der Waals surface area contributed by atoms with Crippen molar-refractivity contribution in [1.29, 1.82) is 0 Å². The molecule has 0 spiro atoms. The first-order chi connectivity index (χ1) is 13.9. The van der Waals surface area contributed by atoms with E-state index in [0.29, 0.717) is 38.7 Å². The van der Waals surface area contributed by atoms with Crippen LogP contribution < -0.4 is 15.6 Å². The third kappa shape index (κ3) is 3.64. The van der Waals surface area contributed by atoms with Crippen LogP contribution in [0.25, 0.3) is 10.2 Å². The topological polar surface area (TPSA) is 91.0 Å². The lowest BCUT2D eigenvalue weighted by atomic mass is 10.2. The quantitative estimate of drug-likeness (QED) is 0.547. The zero-order valence-electron chi connectivity index (χ0n) is 16.2. The Bertz CT molecular complexity index is 1250. The molecule has 0 saturated carbocycles. The molecule has 0 radical (unpaired) electrons. The third-order valence-corrected chi connectivity index (χ3v) is 5.82. The number of aryl methyl sites for hydroxylation is 3. The number of fused-ring (bicyclic) bond motifs is 1. The molecule has 4 aromatic rings. The number of nitrogens with one attached hydrogen (secondary N) is 1. The highest BCUT2D eigenvalue weighted by atomic mass is 32.1. The summed E-state index contributed by atoms with van der Waals surface area (Å²) in [5.74, 6) is 1.23. The number of hydrogen-bond donors (Lipinski definition) is 1. The lowest BCUT2D eigenvalue weighted by molar-refractivity contribution is 0.103. The van der Waals surface area contributed by atoms with Gasteiger partial charge in [0, 0.05) is 32.2 Å². The number of carbonyl (C=O) groups excluding carboxylic acids is 1. The SMILES string of the molecule is Cc1c(C(=O)Nc2ccc(OCc3nccn3C)cc2)sc2ncn(C)c(=O)c12. The lowest BCUT2D eigenvalue weighted by Crippen LogP contribution is -2.17. The second-order valence-electron chi connectivity index (χ2n) is 6.62. The summed E-state index contributed by atoms with van der Waals surface area (Å²) in [7, 11) is 3.55. The average molecular weight is 409 g/mol. The van der Waals surface area contributed by atoms with E-state index in [1.807, 2.05) is 17.8 Å². The van der Waals surface area contributed by atoms with E-state index in [9.17, 15) is 9.59 Å². The molecule has 0 bridgehead atoms. The second kappa shape index (κ2) is 7.51. The maximum Gasteiger partial charge on any atom is 0.266 e. The van der Waals surface area contributed by atoms with Gasteiger partial charge in [-0.2, -0.15) is 0 Å². The molecule has 4 rings (SSSR count). The van der Waals surface area contributed by atoms with Gasteiger partial charge in [-0.05, 0) is 36.8 Å². The zero-order chi connectivity index (χ0) is 20.5. The number of aromatic nitrogens is 4. The number of amides is 1. The van der Waals surface area contributed by atoms with Gasteiger partial charge in [-0.15, -0.1) is 11.3 Å². The van der Waals surface area contributed by atoms with Crippen LogP contribution >= 0.6 is 11.3 Å². The molecule has 0 aliphatic heterocycles. The molecular weight excluding hydrogens is 390 g/mol. The van der Waals surface area contributed by atoms with Gasteiger partial charge in [0.05, 0.1) is 16.6 Å². The van der Waals surface area contributed by atoms with Gasteiger partial charge >= 0.3 is 0 Å². The molecule has 1 aromatic carbocycles. The maximum atomic E-state index is 12.7. The molecule has 3 aromatic heterocycles. The summed E-state index contributed by atoms with van der Waals surface area (Å²) in [5, 5.41) is 3.35. The summed E-state index contributed by atoms with van der Waals surface area (Å²) in [6, 6.07) is 7.11. The van der Waals surface area contributed by atoms with Crippen molar-refractivity contribution in [3.8, 4) is 5.75 Å². The molecule has 8 nitrogen and oxygen atoms in total. The van der Waals surface area contributed by atoms with Gasteiger partial charge < -0.3 is 19.2 Å². The van der Waals surface area contributed by atoms with Crippen molar-refractivity contribution >= 4 is 33.1 Å². The number of carbonyl (C=O) groups is 1. The first kappa shape index (κ1) is 18.9. The Labute approximate surface area is 170 Å². The highest BCUT2D eigenvalue weighted by Gasteiger charge is 2.19. The molecule has 1 N–H and O–H groups in total. The van der Waals surface area contributed by atoms with Crippen LogP contribution in [0.15, 0.2) is 47.8 Å². The molecule has 0 fully saturated rings. The summed E-state index contributed by atoms with van der Waals surface area (Å²) < 4.78 is 9.02. The van der Waals surface area contributed by atoms with Crippen LogP contribution in [0.2, 0.25) is 0 Å². The Morgan fingerprint density at radius 3 is 2.62 bits per heavy atom. The smallest absolute Gasteiger partial charge is 0.266 e. The van der Waals surface area contributed by atoms with Crippen LogP contribution in [0.1, 0.15) is 21.1 Å². The van der Waals surface area contributed by atoms with Crippen molar-refractivity contribution in [2.24, 2.45) is 14.1 Å². The molecule has 0 aliphatic carbocycles. The van der Waals surface area contributed by atoms with Crippen molar-refractivity contribution in [2.45, 2.75) is 13.5 Å². The van der Waals surface area contributed by atoms with Crippen molar-refractivity contribution in [1.82, 2.24) is 19.1 Å². The monoisotopic (exact) mass is 409 g/mol. The fraction of sp³-hybridized carbons (Fsp3) is 0.200. The molecule has 0 unspecified atom stereocenters. The minimum Gasteiger partial charge on any atom is -0.486 e. The number of ether oxygens (including phenoxy) is 1. The van der Waals surface area contributed by atoms with E-state index < -0.39 is 0 Å². The Morgan fingerprint density at radius 2 is 1.93 bits per heavy atom. The molecule has 29 heavy (non-hydrogen) atoms. The Hall–Kier alpha value is -3.46. The number of nitrogens with zero attached hydrogens (tertiary/aromatic N) is 4. The van der Waals surface area contributed by atoms with E-state index in [-0.39, 0.29) is 11.5 Å². The van der Waals surface area contributed by atoms with Gasteiger partial charge in [-0.3, -0.25) is 9.59 Å². The summed E-state index contributed by atoms with van der Waals surface area (Å²) in [4.78, 5) is 34.6. The Morgan fingerprint density at radius 1 is 1.17 bits per heavy atom.